The quantitative estimate of drug-likeness (QED) is 0.348. The van der Waals surface area contributed by atoms with Gasteiger partial charge in [0, 0.05) is 25.3 Å². The molecule has 0 heterocycles. The molecular formula is C26H38N2O2. The fourth-order valence-corrected chi connectivity index (χ4v) is 3.24. The standard InChI is InChI=1S/C26H38N2O2/c1-2-3-13-26(29)28-25-16-14-23(15-17-25)18-21-30-20-10-5-4-9-19-27-22-24-11-7-6-8-12-24/h6-8,11-12,14-17,27H,2-5,9-10,13,18-22H2,1H3,(H,28,29). The first kappa shape index (κ1) is 24.1. The molecule has 4 heteroatoms. The highest BCUT2D eigenvalue weighted by atomic mass is 16.5. The number of nitrogens with one attached hydrogen (secondary N) is 2. The van der Waals surface area contributed by atoms with Crippen LogP contribution >= 0.6 is 0 Å². The Morgan fingerprint density at radius 2 is 1.60 bits per heavy atom. The van der Waals surface area contributed by atoms with Gasteiger partial charge in [0.2, 0.25) is 5.91 Å². The average Bonchev–Trinajstić information content (AvgIpc) is 2.78. The zero-order valence-electron chi connectivity index (χ0n) is 18.5. The number of anilines is 1. The van der Waals surface area contributed by atoms with Gasteiger partial charge in [-0.15, -0.1) is 0 Å². The van der Waals surface area contributed by atoms with Crippen LogP contribution < -0.4 is 10.6 Å². The Bertz CT molecular complexity index is 686. The van der Waals surface area contributed by atoms with Gasteiger partial charge in [0.1, 0.15) is 0 Å². The number of hydrogen-bond acceptors (Lipinski definition) is 3. The number of carbonyl (C=O) groups is 1. The topological polar surface area (TPSA) is 50.4 Å². The molecule has 30 heavy (non-hydrogen) atoms. The second-order valence-corrected chi connectivity index (χ2v) is 7.79. The lowest BCUT2D eigenvalue weighted by Gasteiger charge is -2.08. The van der Waals surface area contributed by atoms with Crippen LogP contribution in [0.5, 0.6) is 0 Å². The summed E-state index contributed by atoms with van der Waals surface area (Å²) >= 11 is 0. The maximum atomic E-state index is 11.8. The minimum Gasteiger partial charge on any atom is -0.381 e. The Kier molecular flexibility index (Phi) is 12.6. The van der Waals surface area contributed by atoms with Crippen LogP contribution in [-0.2, 0) is 22.5 Å². The van der Waals surface area contributed by atoms with Gasteiger partial charge in [0.15, 0.2) is 0 Å². The normalized spacial score (nSPS) is 10.8. The summed E-state index contributed by atoms with van der Waals surface area (Å²) in [5, 5.41) is 6.45. The molecular weight excluding hydrogens is 372 g/mol. The van der Waals surface area contributed by atoms with Crippen molar-refractivity contribution >= 4 is 11.6 Å². The Labute approximate surface area is 182 Å². The molecule has 4 nitrogen and oxygen atoms in total. The van der Waals surface area contributed by atoms with E-state index in [-0.39, 0.29) is 5.91 Å². The second-order valence-electron chi connectivity index (χ2n) is 7.79. The fourth-order valence-electron chi connectivity index (χ4n) is 3.24. The Morgan fingerprint density at radius 1 is 0.833 bits per heavy atom. The summed E-state index contributed by atoms with van der Waals surface area (Å²) in [5.41, 5.74) is 3.46. The maximum Gasteiger partial charge on any atom is 0.224 e. The van der Waals surface area contributed by atoms with E-state index in [0.717, 1.165) is 57.7 Å². The molecule has 0 saturated heterocycles. The van der Waals surface area contributed by atoms with E-state index in [1.165, 1.54) is 30.4 Å². The first-order chi connectivity index (χ1) is 14.8. The van der Waals surface area contributed by atoms with Gasteiger partial charge in [0.05, 0.1) is 6.61 Å². The van der Waals surface area contributed by atoms with Crippen LogP contribution in [0.2, 0.25) is 0 Å². The second kappa shape index (κ2) is 15.6. The molecule has 0 radical (unpaired) electrons. The third-order valence-corrected chi connectivity index (χ3v) is 5.09. The van der Waals surface area contributed by atoms with E-state index in [4.69, 9.17) is 4.74 Å². The van der Waals surface area contributed by atoms with Gasteiger partial charge >= 0.3 is 0 Å². The van der Waals surface area contributed by atoms with Crippen LogP contribution in [0, 0.1) is 0 Å². The molecule has 0 atom stereocenters. The van der Waals surface area contributed by atoms with Crippen molar-refractivity contribution in [2.24, 2.45) is 0 Å². The number of hydrogen-bond donors (Lipinski definition) is 2. The summed E-state index contributed by atoms with van der Waals surface area (Å²) in [6, 6.07) is 18.6. The van der Waals surface area contributed by atoms with E-state index < -0.39 is 0 Å². The van der Waals surface area contributed by atoms with Crippen molar-refractivity contribution < 1.29 is 9.53 Å². The number of carbonyl (C=O) groups excluding carboxylic acids is 1. The average molecular weight is 411 g/mol. The summed E-state index contributed by atoms with van der Waals surface area (Å²) in [6.45, 7) is 5.71. The van der Waals surface area contributed by atoms with Gasteiger partial charge in [0.25, 0.3) is 0 Å². The predicted octanol–water partition coefficient (Wildman–Crippen LogP) is 5.72. The van der Waals surface area contributed by atoms with Crippen molar-refractivity contribution in [1.82, 2.24) is 5.32 Å². The third kappa shape index (κ3) is 11.1. The Hall–Kier alpha value is -2.17. The van der Waals surface area contributed by atoms with Crippen molar-refractivity contribution in [3.63, 3.8) is 0 Å². The minimum absolute atomic E-state index is 0.0971. The van der Waals surface area contributed by atoms with E-state index in [0.29, 0.717) is 6.42 Å². The lowest BCUT2D eigenvalue weighted by atomic mass is 10.1. The van der Waals surface area contributed by atoms with Crippen molar-refractivity contribution in [2.75, 3.05) is 25.1 Å². The van der Waals surface area contributed by atoms with Gasteiger partial charge < -0.3 is 15.4 Å². The summed E-state index contributed by atoms with van der Waals surface area (Å²) in [6.07, 6.45) is 8.29. The highest BCUT2D eigenvalue weighted by molar-refractivity contribution is 5.90. The summed E-state index contributed by atoms with van der Waals surface area (Å²) in [7, 11) is 0. The molecule has 0 aliphatic heterocycles. The van der Waals surface area contributed by atoms with E-state index in [9.17, 15) is 4.79 Å². The monoisotopic (exact) mass is 410 g/mol. The van der Waals surface area contributed by atoms with Gasteiger partial charge in [-0.25, -0.2) is 0 Å². The zero-order chi connectivity index (χ0) is 21.3. The molecule has 0 saturated carbocycles. The van der Waals surface area contributed by atoms with Gasteiger partial charge in [-0.1, -0.05) is 68.7 Å². The smallest absolute Gasteiger partial charge is 0.224 e. The van der Waals surface area contributed by atoms with E-state index in [1.54, 1.807) is 0 Å². The predicted molar refractivity (Wildman–Crippen MR) is 126 cm³/mol. The first-order valence-corrected chi connectivity index (χ1v) is 11.5. The molecule has 0 aromatic heterocycles. The van der Waals surface area contributed by atoms with Crippen LogP contribution in [-0.4, -0.2) is 25.7 Å². The van der Waals surface area contributed by atoms with E-state index >= 15 is 0 Å². The van der Waals surface area contributed by atoms with E-state index in [1.807, 2.05) is 12.1 Å². The van der Waals surface area contributed by atoms with Crippen LogP contribution in [0.3, 0.4) is 0 Å². The molecule has 2 rings (SSSR count). The largest absolute Gasteiger partial charge is 0.381 e. The highest BCUT2D eigenvalue weighted by Gasteiger charge is 2.02. The molecule has 0 aliphatic rings. The molecule has 0 spiro atoms. The van der Waals surface area contributed by atoms with Crippen LogP contribution in [0.4, 0.5) is 5.69 Å². The molecule has 1 amide bonds. The van der Waals surface area contributed by atoms with Crippen LogP contribution in [0.1, 0.15) is 63.0 Å². The fraction of sp³-hybridized carbons (Fsp3) is 0.500. The van der Waals surface area contributed by atoms with Crippen molar-refractivity contribution in [3.05, 3.63) is 65.7 Å². The SMILES string of the molecule is CCCCC(=O)Nc1ccc(CCOCCCCCCNCc2ccccc2)cc1. The summed E-state index contributed by atoms with van der Waals surface area (Å²) < 4.78 is 5.78. The molecule has 2 N–H and O–H groups in total. The first-order valence-electron chi connectivity index (χ1n) is 11.5. The number of benzene rings is 2. The minimum atomic E-state index is 0.0971. The molecule has 2 aromatic rings. The van der Waals surface area contributed by atoms with Gasteiger partial charge in [-0.05, 0) is 55.5 Å². The number of unbranched alkanes of at least 4 members (excludes halogenated alkanes) is 4. The van der Waals surface area contributed by atoms with Crippen molar-refractivity contribution in [1.29, 1.82) is 0 Å². The molecule has 164 valence electrons. The molecule has 0 bridgehead atoms. The number of amides is 1. The third-order valence-electron chi connectivity index (χ3n) is 5.09. The summed E-state index contributed by atoms with van der Waals surface area (Å²) in [5.74, 6) is 0.0971. The van der Waals surface area contributed by atoms with Gasteiger partial charge in [-0.2, -0.15) is 0 Å². The number of ether oxygens (including phenoxy) is 1. The zero-order valence-corrected chi connectivity index (χ0v) is 18.5. The van der Waals surface area contributed by atoms with Gasteiger partial charge in [-0.3, -0.25) is 4.79 Å². The molecule has 0 fully saturated rings. The van der Waals surface area contributed by atoms with E-state index in [2.05, 4.69) is 60.0 Å². The lowest BCUT2D eigenvalue weighted by Crippen LogP contribution is -2.14. The van der Waals surface area contributed by atoms with Crippen molar-refractivity contribution in [3.8, 4) is 0 Å². The Balaban J connectivity index is 1.42. The lowest BCUT2D eigenvalue weighted by molar-refractivity contribution is -0.116. The molecule has 0 unspecified atom stereocenters. The molecule has 2 aromatic carbocycles. The summed E-state index contributed by atoms with van der Waals surface area (Å²) in [4.78, 5) is 11.8. The van der Waals surface area contributed by atoms with Crippen LogP contribution in [0.15, 0.2) is 54.6 Å². The number of rotatable bonds is 16. The van der Waals surface area contributed by atoms with Crippen LogP contribution in [0.25, 0.3) is 0 Å². The molecule has 0 aliphatic carbocycles. The maximum absolute atomic E-state index is 11.8. The van der Waals surface area contributed by atoms with Crippen molar-refractivity contribution in [2.45, 2.75) is 64.8 Å². The Morgan fingerprint density at radius 3 is 2.37 bits per heavy atom. The highest BCUT2D eigenvalue weighted by Crippen LogP contribution is 2.11.